The van der Waals surface area contributed by atoms with E-state index in [2.05, 4.69) is 10.6 Å². The number of nitrogens with one attached hydrogen (secondary N) is 2. The quantitative estimate of drug-likeness (QED) is 0.832. The first-order valence-corrected chi connectivity index (χ1v) is 7.07. The maximum atomic E-state index is 12.2. The molecule has 0 aromatic heterocycles. The summed E-state index contributed by atoms with van der Waals surface area (Å²) in [5.41, 5.74) is 1.61. The van der Waals surface area contributed by atoms with Crippen molar-refractivity contribution in [3.05, 3.63) is 54.1 Å². The van der Waals surface area contributed by atoms with E-state index in [1.807, 2.05) is 0 Å². The standard InChI is InChI=1S/C16H15ClN2O3/c1-22-14-7-5-12(6-8-14)19-16(21)11-3-2-4-13(9-11)18-15(20)10-17/h2-9H,10H2,1H3,(H,18,20)(H,19,21). The minimum atomic E-state index is -0.325. The van der Waals surface area contributed by atoms with Crippen LogP contribution in [0.1, 0.15) is 10.4 Å². The third-order valence-electron chi connectivity index (χ3n) is 2.88. The highest BCUT2D eigenvalue weighted by Crippen LogP contribution is 2.17. The van der Waals surface area contributed by atoms with Gasteiger partial charge >= 0.3 is 0 Å². The lowest BCUT2D eigenvalue weighted by Crippen LogP contribution is -2.15. The summed E-state index contributed by atoms with van der Waals surface area (Å²) in [7, 11) is 1.58. The lowest BCUT2D eigenvalue weighted by atomic mass is 10.2. The number of hydrogen-bond acceptors (Lipinski definition) is 3. The third kappa shape index (κ3) is 4.23. The molecule has 2 aromatic carbocycles. The van der Waals surface area contributed by atoms with Crippen molar-refractivity contribution >= 4 is 34.8 Å². The molecule has 0 bridgehead atoms. The highest BCUT2D eigenvalue weighted by Gasteiger charge is 2.08. The van der Waals surface area contributed by atoms with Gasteiger partial charge in [-0.25, -0.2) is 0 Å². The Bertz CT molecular complexity index is 671. The van der Waals surface area contributed by atoms with Crippen LogP contribution in [0.15, 0.2) is 48.5 Å². The molecule has 0 atom stereocenters. The predicted molar refractivity (Wildman–Crippen MR) is 86.7 cm³/mol. The van der Waals surface area contributed by atoms with Crippen LogP contribution in [0.5, 0.6) is 5.75 Å². The van der Waals surface area contributed by atoms with E-state index in [1.165, 1.54) is 0 Å². The van der Waals surface area contributed by atoms with Crippen LogP contribution in [0, 0.1) is 0 Å². The number of ether oxygens (including phenoxy) is 1. The van der Waals surface area contributed by atoms with Crippen molar-refractivity contribution in [3.8, 4) is 5.75 Å². The van der Waals surface area contributed by atoms with E-state index >= 15 is 0 Å². The van der Waals surface area contributed by atoms with Gasteiger partial charge in [-0.05, 0) is 42.5 Å². The van der Waals surface area contributed by atoms with E-state index in [9.17, 15) is 9.59 Å². The van der Waals surface area contributed by atoms with Crippen LogP contribution < -0.4 is 15.4 Å². The van der Waals surface area contributed by atoms with Crippen molar-refractivity contribution in [1.82, 2.24) is 0 Å². The van der Waals surface area contributed by atoms with Gasteiger partial charge in [-0.1, -0.05) is 6.07 Å². The SMILES string of the molecule is COc1ccc(NC(=O)c2cccc(NC(=O)CCl)c2)cc1. The summed E-state index contributed by atoms with van der Waals surface area (Å²) in [5, 5.41) is 5.37. The summed E-state index contributed by atoms with van der Waals surface area (Å²) in [6.45, 7) is 0. The summed E-state index contributed by atoms with van der Waals surface area (Å²) in [6.07, 6.45) is 0. The maximum Gasteiger partial charge on any atom is 0.255 e. The number of methoxy groups -OCH3 is 1. The molecule has 22 heavy (non-hydrogen) atoms. The fourth-order valence-corrected chi connectivity index (χ4v) is 1.88. The van der Waals surface area contributed by atoms with Gasteiger partial charge in [0.25, 0.3) is 5.91 Å². The first kappa shape index (κ1) is 15.9. The molecule has 2 N–H and O–H groups in total. The van der Waals surface area contributed by atoms with E-state index < -0.39 is 0 Å². The Kier molecular flexibility index (Phi) is 5.38. The van der Waals surface area contributed by atoms with Crippen molar-refractivity contribution in [2.75, 3.05) is 23.6 Å². The summed E-state index contributed by atoms with van der Waals surface area (Å²) >= 11 is 5.43. The zero-order valence-electron chi connectivity index (χ0n) is 11.9. The molecule has 0 fully saturated rings. The molecule has 2 aromatic rings. The molecule has 0 radical (unpaired) electrons. The zero-order chi connectivity index (χ0) is 15.9. The average Bonchev–Trinajstić information content (AvgIpc) is 2.55. The van der Waals surface area contributed by atoms with E-state index in [0.29, 0.717) is 22.7 Å². The Morgan fingerprint density at radius 3 is 2.41 bits per heavy atom. The fourth-order valence-electron chi connectivity index (χ4n) is 1.81. The van der Waals surface area contributed by atoms with Gasteiger partial charge in [0.15, 0.2) is 0 Å². The van der Waals surface area contributed by atoms with Crippen molar-refractivity contribution < 1.29 is 14.3 Å². The minimum Gasteiger partial charge on any atom is -0.497 e. The molecule has 0 aliphatic heterocycles. The van der Waals surface area contributed by atoms with Gasteiger partial charge in [0, 0.05) is 16.9 Å². The molecule has 0 saturated heterocycles. The lowest BCUT2D eigenvalue weighted by Gasteiger charge is -2.08. The number of hydrogen-bond donors (Lipinski definition) is 2. The minimum absolute atomic E-state index is 0.137. The molecule has 0 unspecified atom stereocenters. The van der Waals surface area contributed by atoms with Crippen LogP contribution >= 0.6 is 11.6 Å². The summed E-state index contributed by atoms with van der Waals surface area (Å²) in [4.78, 5) is 23.5. The molecule has 0 aliphatic carbocycles. The summed E-state index contributed by atoms with van der Waals surface area (Å²) < 4.78 is 5.06. The second-order valence-corrected chi connectivity index (χ2v) is 4.71. The van der Waals surface area contributed by atoms with E-state index in [0.717, 1.165) is 0 Å². The molecule has 2 amide bonds. The van der Waals surface area contributed by atoms with Crippen LogP contribution in [-0.2, 0) is 4.79 Å². The van der Waals surface area contributed by atoms with Crippen molar-refractivity contribution in [2.45, 2.75) is 0 Å². The Hall–Kier alpha value is -2.53. The molecular formula is C16H15ClN2O3. The van der Waals surface area contributed by atoms with Crippen LogP contribution in [-0.4, -0.2) is 24.8 Å². The van der Waals surface area contributed by atoms with Crippen LogP contribution in [0.25, 0.3) is 0 Å². The van der Waals surface area contributed by atoms with Gasteiger partial charge in [-0.15, -0.1) is 11.6 Å². The molecule has 0 spiro atoms. The predicted octanol–water partition coefficient (Wildman–Crippen LogP) is 3.12. The van der Waals surface area contributed by atoms with Crippen LogP contribution in [0.4, 0.5) is 11.4 Å². The molecule has 0 saturated carbocycles. The molecule has 114 valence electrons. The van der Waals surface area contributed by atoms with E-state index in [4.69, 9.17) is 16.3 Å². The molecule has 0 heterocycles. The van der Waals surface area contributed by atoms with Gasteiger partial charge in [0.05, 0.1) is 7.11 Å². The van der Waals surface area contributed by atoms with Crippen molar-refractivity contribution in [1.29, 1.82) is 0 Å². The molecule has 2 rings (SSSR count). The first-order chi connectivity index (χ1) is 10.6. The number of rotatable bonds is 5. The molecule has 5 nitrogen and oxygen atoms in total. The van der Waals surface area contributed by atoms with E-state index in [-0.39, 0.29) is 17.7 Å². The number of amides is 2. The number of alkyl halides is 1. The third-order valence-corrected chi connectivity index (χ3v) is 3.12. The molecule has 6 heteroatoms. The second-order valence-electron chi connectivity index (χ2n) is 4.45. The number of carbonyl (C=O) groups is 2. The first-order valence-electron chi connectivity index (χ1n) is 6.53. The summed E-state index contributed by atoms with van der Waals surface area (Å²) in [5.74, 6) is -0.0206. The monoisotopic (exact) mass is 318 g/mol. The van der Waals surface area contributed by atoms with Gasteiger partial charge in [0.2, 0.25) is 5.91 Å². The largest absolute Gasteiger partial charge is 0.497 e. The van der Waals surface area contributed by atoms with Gasteiger partial charge in [0.1, 0.15) is 11.6 Å². The van der Waals surface area contributed by atoms with E-state index in [1.54, 1.807) is 55.6 Å². The summed E-state index contributed by atoms with van der Waals surface area (Å²) in [6, 6.07) is 13.6. The highest BCUT2D eigenvalue weighted by molar-refractivity contribution is 6.29. The Morgan fingerprint density at radius 2 is 1.77 bits per heavy atom. The Labute approximate surface area is 133 Å². The Balaban J connectivity index is 2.08. The van der Waals surface area contributed by atoms with Crippen molar-refractivity contribution in [3.63, 3.8) is 0 Å². The number of benzene rings is 2. The number of anilines is 2. The van der Waals surface area contributed by atoms with Crippen LogP contribution in [0.2, 0.25) is 0 Å². The highest BCUT2D eigenvalue weighted by atomic mass is 35.5. The fraction of sp³-hybridized carbons (Fsp3) is 0.125. The molecular weight excluding hydrogens is 304 g/mol. The Morgan fingerprint density at radius 1 is 1.05 bits per heavy atom. The lowest BCUT2D eigenvalue weighted by molar-refractivity contribution is -0.113. The maximum absolute atomic E-state index is 12.2. The van der Waals surface area contributed by atoms with Gasteiger partial charge < -0.3 is 15.4 Å². The average molecular weight is 319 g/mol. The van der Waals surface area contributed by atoms with Crippen LogP contribution in [0.3, 0.4) is 0 Å². The topological polar surface area (TPSA) is 67.4 Å². The molecule has 0 aliphatic rings. The second kappa shape index (κ2) is 7.47. The number of halogens is 1. The zero-order valence-corrected chi connectivity index (χ0v) is 12.7. The number of carbonyl (C=O) groups excluding carboxylic acids is 2. The normalized spacial score (nSPS) is 9.91. The van der Waals surface area contributed by atoms with Gasteiger partial charge in [-0.2, -0.15) is 0 Å². The smallest absolute Gasteiger partial charge is 0.255 e. The van der Waals surface area contributed by atoms with Crippen molar-refractivity contribution in [2.24, 2.45) is 0 Å². The van der Waals surface area contributed by atoms with Gasteiger partial charge in [-0.3, -0.25) is 9.59 Å².